The Hall–Kier alpha value is -6.38. The third-order valence-corrected chi connectivity index (χ3v) is 11.2. The van der Waals surface area contributed by atoms with Gasteiger partial charge in [-0.2, -0.15) is 0 Å². The molecule has 0 spiro atoms. The Morgan fingerprint density at radius 3 is 1.74 bits per heavy atom. The van der Waals surface area contributed by atoms with E-state index < -0.39 is 0 Å². The summed E-state index contributed by atoms with van der Waals surface area (Å²) in [6.45, 7) is 34.8. The van der Waals surface area contributed by atoms with Gasteiger partial charge in [-0.3, -0.25) is 0 Å². The van der Waals surface area contributed by atoms with Crippen molar-refractivity contribution in [3.63, 3.8) is 0 Å². The van der Waals surface area contributed by atoms with Gasteiger partial charge in [-0.1, -0.05) is 162 Å². The SMILES string of the molecule is C=C/C(=c1/ccccc1=C)N(c1ccc(C)cc1)c1cc2c(c(C=C)c1C=C)-c1ccc(N(/C(=C/C)c3ccccc3C)c3ccc(C)cc3)cc1C2(C)C.CC. The van der Waals surface area contributed by atoms with Gasteiger partial charge in [0, 0.05) is 44.5 Å². The van der Waals surface area contributed by atoms with E-state index >= 15 is 0 Å². The van der Waals surface area contributed by atoms with Crippen LogP contribution in [-0.2, 0) is 5.41 Å². The maximum atomic E-state index is 4.41. The minimum Gasteiger partial charge on any atom is -0.310 e. The van der Waals surface area contributed by atoms with Crippen LogP contribution in [-0.4, -0.2) is 0 Å². The molecule has 6 aromatic carbocycles. The van der Waals surface area contributed by atoms with Gasteiger partial charge in [0.05, 0.1) is 11.4 Å². The third-order valence-electron chi connectivity index (χ3n) is 11.2. The zero-order valence-electron chi connectivity index (χ0n) is 35.1. The molecule has 0 bridgehead atoms. The van der Waals surface area contributed by atoms with Gasteiger partial charge in [-0.15, -0.1) is 0 Å². The summed E-state index contributed by atoms with van der Waals surface area (Å²) in [6.07, 6.45) is 8.15. The Morgan fingerprint density at radius 1 is 0.614 bits per heavy atom. The summed E-state index contributed by atoms with van der Waals surface area (Å²) in [5.41, 5.74) is 17.9. The molecule has 0 saturated carbocycles. The van der Waals surface area contributed by atoms with Crippen molar-refractivity contribution in [3.05, 3.63) is 208 Å². The van der Waals surface area contributed by atoms with Gasteiger partial charge in [-0.05, 0) is 115 Å². The molecule has 0 aromatic heterocycles. The lowest BCUT2D eigenvalue weighted by Crippen LogP contribution is -2.31. The van der Waals surface area contributed by atoms with Crippen LogP contribution in [0.4, 0.5) is 22.7 Å². The van der Waals surface area contributed by atoms with Crippen LogP contribution in [0.3, 0.4) is 0 Å². The number of hydrogen-bond acceptors (Lipinski definition) is 2. The molecule has 0 saturated heterocycles. The van der Waals surface area contributed by atoms with Gasteiger partial charge in [0.2, 0.25) is 0 Å². The van der Waals surface area contributed by atoms with Crippen LogP contribution in [0.2, 0.25) is 0 Å². The quantitative estimate of drug-likeness (QED) is 0.138. The van der Waals surface area contributed by atoms with Crippen molar-refractivity contribution < 1.29 is 0 Å². The van der Waals surface area contributed by atoms with Crippen LogP contribution in [0.15, 0.2) is 153 Å². The summed E-state index contributed by atoms with van der Waals surface area (Å²) in [4.78, 5) is 4.71. The number of nitrogens with zero attached hydrogens (tertiary/aromatic N) is 2. The topological polar surface area (TPSA) is 6.48 Å². The van der Waals surface area contributed by atoms with Crippen molar-refractivity contribution >= 4 is 52.9 Å². The largest absolute Gasteiger partial charge is 0.310 e. The smallest absolute Gasteiger partial charge is 0.0543 e. The fourth-order valence-corrected chi connectivity index (χ4v) is 8.23. The summed E-state index contributed by atoms with van der Waals surface area (Å²) < 4.78 is 0. The lowest BCUT2D eigenvalue weighted by atomic mass is 9.81. The predicted molar refractivity (Wildman–Crippen MR) is 252 cm³/mol. The third kappa shape index (κ3) is 7.25. The first kappa shape index (κ1) is 40.3. The molecule has 6 aromatic rings. The first-order valence-corrected chi connectivity index (χ1v) is 20.0. The van der Waals surface area contributed by atoms with Crippen molar-refractivity contribution in [2.75, 3.05) is 9.80 Å². The lowest BCUT2D eigenvalue weighted by Gasteiger charge is -2.32. The Labute approximate surface area is 341 Å². The molecule has 2 heteroatoms. The van der Waals surface area contributed by atoms with E-state index in [0.29, 0.717) is 0 Å². The van der Waals surface area contributed by atoms with E-state index in [0.717, 1.165) is 55.7 Å². The highest BCUT2D eigenvalue weighted by Gasteiger charge is 2.39. The number of rotatable bonds is 10. The molecule has 57 heavy (non-hydrogen) atoms. The molecule has 0 radical (unpaired) electrons. The second kappa shape index (κ2) is 16.8. The van der Waals surface area contributed by atoms with Gasteiger partial charge >= 0.3 is 0 Å². The predicted octanol–water partition coefficient (Wildman–Crippen LogP) is 14.0. The molecule has 2 nitrogen and oxygen atoms in total. The Balaban J connectivity index is 0.00000270. The van der Waals surface area contributed by atoms with Crippen molar-refractivity contribution in [1.29, 1.82) is 0 Å². The molecule has 286 valence electrons. The highest BCUT2D eigenvalue weighted by atomic mass is 15.2. The highest BCUT2D eigenvalue weighted by molar-refractivity contribution is 5.99. The molecular formula is C55H56N2. The Morgan fingerprint density at radius 2 is 1.18 bits per heavy atom. The molecule has 0 amide bonds. The standard InChI is InChI=1S/C53H50N2.C2H6/c1-11-42-43(12-2)52-46-32-31-41(54(39-27-23-35(5)24-28-39)49(13-3)44-21-17-15-19-37(44)7)33-47(46)53(9,10)48(52)34-51(42)55(40-29-25-36(6)26-30-40)50(14-4)45-22-18-16-20-38(45)8;1-2/h11-34H,1-2,4,8H2,3,5-7,9-10H3;1-2H3/b49-13+,50-45+;. The van der Waals surface area contributed by atoms with Gasteiger partial charge in [0.15, 0.2) is 0 Å². The van der Waals surface area contributed by atoms with E-state index in [4.69, 9.17) is 0 Å². The van der Waals surface area contributed by atoms with E-state index in [-0.39, 0.29) is 5.41 Å². The first-order chi connectivity index (χ1) is 27.5. The van der Waals surface area contributed by atoms with E-state index in [1.165, 1.54) is 44.5 Å². The number of allylic oxidation sites excluding steroid dienone is 1. The van der Waals surface area contributed by atoms with E-state index in [1.54, 1.807) is 0 Å². The second-order valence-corrected chi connectivity index (χ2v) is 15.0. The highest BCUT2D eigenvalue weighted by Crippen LogP contribution is 2.55. The van der Waals surface area contributed by atoms with Crippen molar-refractivity contribution in [2.24, 2.45) is 0 Å². The van der Waals surface area contributed by atoms with E-state index in [2.05, 4.69) is 193 Å². The molecule has 0 unspecified atom stereocenters. The second-order valence-electron chi connectivity index (χ2n) is 15.0. The number of fused-ring (bicyclic) bond motifs is 3. The Bertz CT molecular complexity index is 2620. The minimum absolute atomic E-state index is 0.345. The van der Waals surface area contributed by atoms with Gasteiger partial charge in [0.25, 0.3) is 0 Å². The maximum Gasteiger partial charge on any atom is 0.0543 e. The molecular weight excluding hydrogens is 689 g/mol. The summed E-state index contributed by atoms with van der Waals surface area (Å²) in [6, 6.07) is 43.7. The van der Waals surface area contributed by atoms with E-state index in [1.807, 2.05) is 44.2 Å². The van der Waals surface area contributed by atoms with Crippen LogP contribution in [0.25, 0.3) is 41.3 Å². The van der Waals surface area contributed by atoms with Crippen LogP contribution < -0.4 is 20.2 Å². The summed E-state index contributed by atoms with van der Waals surface area (Å²) in [7, 11) is 0. The monoisotopic (exact) mass is 744 g/mol. The molecule has 0 aliphatic heterocycles. The van der Waals surface area contributed by atoms with Gasteiger partial charge in [0.1, 0.15) is 0 Å². The fraction of sp³-hybridized carbons (Fsp3) is 0.164. The van der Waals surface area contributed by atoms with Crippen LogP contribution in [0, 0.1) is 20.8 Å². The summed E-state index contributed by atoms with van der Waals surface area (Å²) in [5.74, 6) is 0. The van der Waals surface area contributed by atoms with Crippen LogP contribution in [0.1, 0.15) is 79.1 Å². The molecule has 0 N–H and O–H groups in total. The molecule has 0 atom stereocenters. The van der Waals surface area contributed by atoms with Crippen LogP contribution in [0.5, 0.6) is 0 Å². The first-order valence-electron chi connectivity index (χ1n) is 20.0. The molecule has 0 fully saturated rings. The fourth-order valence-electron chi connectivity index (χ4n) is 8.23. The Kier molecular flexibility index (Phi) is 11.9. The maximum absolute atomic E-state index is 4.41. The van der Waals surface area contributed by atoms with Crippen molar-refractivity contribution in [3.8, 4) is 11.1 Å². The zero-order valence-corrected chi connectivity index (χ0v) is 35.1. The van der Waals surface area contributed by atoms with E-state index in [9.17, 15) is 0 Å². The average molecular weight is 745 g/mol. The van der Waals surface area contributed by atoms with Gasteiger partial charge in [-0.25, -0.2) is 0 Å². The van der Waals surface area contributed by atoms with Crippen molar-refractivity contribution in [1.82, 2.24) is 0 Å². The van der Waals surface area contributed by atoms with Crippen LogP contribution >= 0.6 is 0 Å². The number of benzene rings is 6. The van der Waals surface area contributed by atoms with Gasteiger partial charge < -0.3 is 9.80 Å². The number of hydrogen-bond donors (Lipinski definition) is 0. The van der Waals surface area contributed by atoms with Crippen molar-refractivity contribution in [2.45, 2.75) is 60.8 Å². The molecule has 1 aliphatic rings. The molecule has 1 aliphatic carbocycles. The number of anilines is 4. The molecule has 0 heterocycles. The lowest BCUT2D eigenvalue weighted by molar-refractivity contribution is 0.660. The normalized spacial score (nSPS) is 13.0. The summed E-state index contributed by atoms with van der Waals surface area (Å²) >= 11 is 0. The number of aryl methyl sites for hydroxylation is 3. The average Bonchev–Trinajstić information content (AvgIpc) is 3.45. The summed E-state index contributed by atoms with van der Waals surface area (Å²) in [5, 5.41) is 1.95. The minimum atomic E-state index is -0.345. The zero-order chi connectivity index (χ0) is 41.0. The molecule has 7 rings (SSSR count).